The van der Waals surface area contributed by atoms with E-state index in [2.05, 4.69) is 24.3 Å². The van der Waals surface area contributed by atoms with Crippen LogP contribution in [0, 0.1) is 0 Å². The van der Waals surface area contributed by atoms with E-state index in [0.717, 1.165) is 25.0 Å². The van der Waals surface area contributed by atoms with E-state index in [1.165, 1.54) is 11.1 Å². The first-order chi connectivity index (χ1) is 9.83. The van der Waals surface area contributed by atoms with Gasteiger partial charge >= 0.3 is 0 Å². The molecule has 2 nitrogen and oxygen atoms in total. The minimum atomic E-state index is -0.175. The Balaban J connectivity index is 1.61. The van der Waals surface area contributed by atoms with Gasteiger partial charge in [0, 0.05) is 5.92 Å². The van der Waals surface area contributed by atoms with E-state index in [-0.39, 0.29) is 6.10 Å². The van der Waals surface area contributed by atoms with Crippen molar-refractivity contribution in [1.82, 2.24) is 0 Å². The fraction of sp³-hybridized carbons (Fsp3) is 0.333. The highest BCUT2D eigenvalue weighted by molar-refractivity contribution is 5.31. The van der Waals surface area contributed by atoms with Crippen LogP contribution in [0.25, 0.3) is 0 Å². The first kappa shape index (κ1) is 13.2. The first-order valence-corrected chi connectivity index (χ1v) is 7.28. The van der Waals surface area contributed by atoms with Gasteiger partial charge in [-0.3, -0.25) is 0 Å². The molecule has 2 aromatic carbocycles. The summed E-state index contributed by atoms with van der Waals surface area (Å²) in [6.45, 7) is 0.590. The summed E-state index contributed by atoms with van der Waals surface area (Å²) in [6.07, 6.45) is 2.96. The third-order valence-corrected chi connectivity index (χ3v) is 4.04. The van der Waals surface area contributed by atoms with Gasteiger partial charge < -0.3 is 9.84 Å². The molecule has 1 fully saturated rings. The number of ether oxygens (including phenoxy) is 1. The maximum atomic E-state index is 9.93. The molecular formula is C18H20O2. The summed E-state index contributed by atoms with van der Waals surface area (Å²) in [5, 5.41) is 9.93. The lowest BCUT2D eigenvalue weighted by Crippen LogP contribution is -2.10. The second-order valence-electron chi connectivity index (χ2n) is 5.45. The van der Waals surface area contributed by atoms with Crippen molar-refractivity contribution in [3.05, 3.63) is 65.7 Å². The Morgan fingerprint density at radius 2 is 1.70 bits per heavy atom. The van der Waals surface area contributed by atoms with Crippen molar-refractivity contribution < 1.29 is 9.84 Å². The second-order valence-corrected chi connectivity index (χ2v) is 5.45. The van der Waals surface area contributed by atoms with Gasteiger partial charge in [-0.15, -0.1) is 0 Å². The molecule has 2 unspecified atom stereocenters. The molecule has 2 atom stereocenters. The summed E-state index contributed by atoms with van der Waals surface area (Å²) >= 11 is 0. The zero-order valence-electron chi connectivity index (χ0n) is 11.5. The zero-order chi connectivity index (χ0) is 13.8. The van der Waals surface area contributed by atoms with E-state index in [9.17, 15) is 5.11 Å². The molecule has 0 heterocycles. The third kappa shape index (κ3) is 3.02. The maximum Gasteiger partial charge on any atom is 0.119 e. The Morgan fingerprint density at radius 1 is 0.950 bits per heavy atom. The minimum absolute atomic E-state index is 0.175. The highest BCUT2D eigenvalue weighted by atomic mass is 16.5. The minimum Gasteiger partial charge on any atom is -0.489 e. The van der Waals surface area contributed by atoms with Crippen LogP contribution in [0.1, 0.15) is 36.3 Å². The van der Waals surface area contributed by atoms with E-state index in [4.69, 9.17) is 4.74 Å². The SMILES string of the molecule is OC1CCCC1c1ccc(OCc2ccccc2)cc1. The predicted octanol–water partition coefficient (Wildman–Crippen LogP) is 3.89. The van der Waals surface area contributed by atoms with Crippen molar-refractivity contribution in [3.63, 3.8) is 0 Å². The van der Waals surface area contributed by atoms with E-state index in [1.54, 1.807) is 0 Å². The van der Waals surface area contributed by atoms with Crippen LogP contribution in [0.2, 0.25) is 0 Å². The summed E-state index contributed by atoms with van der Waals surface area (Å²) in [6, 6.07) is 18.3. The van der Waals surface area contributed by atoms with Crippen LogP contribution in [0.3, 0.4) is 0 Å². The second kappa shape index (κ2) is 6.10. The van der Waals surface area contributed by atoms with Crippen molar-refractivity contribution in [2.45, 2.75) is 37.9 Å². The fourth-order valence-corrected chi connectivity index (χ4v) is 2.88. The molecule has 0 saturated heterocycles. The van der Waals surface area contributed by atoms with Crippen molar-refractivity contribution >= 4 is 0 Å². The van der Waals surface area contributed by atoms with Crippen molar-refractivity contribution in [2.75, 3.05) is 0 Å². The lowest BCUT2D eigenvalue weighted by molar-refractivity contribution is 0.164. The molecule has 0 aromatic heterocycles. The van der Waals surface area contributed by atoms with Crippen molar-refractivity contribution in [3.8, 4) is 5.75 Å². The lowest BCUT2D eigenvalue weighted by atomic mass is 9.96. The van der Waals surface area contributed by atoms with Crippen LogP contribution < -0.4 is 4.74 Å². The normalized spacial score (nSPS) is 21.9. The van der Waals surface area contributed by atoms with Crippen LogP contribution >= 0.6 is 0 Å². The topological polar surface area (TPSA) is 29.5 Å². The Hall–Kier alpha value is -1.80. The summed E-state index contributed by atoms with van der Waals surface area (Å²) < 4.78 is 5.77. The average Bonchev–Trinajstić information content (AvgIpc) is 2.93. The van der Waals surface area contributed by atoms with Gasteiger partial charge in [0.1, 0.15) is 12.4 Å². The van der Waals surface area contributed by atoms with Gasteiger partial charge in [-0.25, -0.2) is 0 Å². The smallest absolute Gasteiger partial charge is 0.119 e. The molecule has 0 aliphatic heterocycles. The molecule has 0 spiro atoms. The lowest BCUT2D eigenvalue weighted by Gasteiger charge is -2.15. The van der Waals surface area contributed by atoms with Crippen LogP contribution in [0.5, 0.6) is 5.75 Å². The van der Waals surface area contributed by atoms with Gasteiger partial charge in [-0.05, 0) is 36.1 Å². The largest absolute Gasteiger partial charge is 0.489 e. The third-order valence-electron chi connectivity index (χ3n) is 4.04. The van der Waals surface area contributed by atoms with E-state index in [0.29, 0.717) is 12.5 Å². The molecule has 0 radical (unpaired) electrons. The van der Waals surface area contributed by atoms with Gasteiger partial charge in [0.05, 0.1) is 6.10 Å². The Kier molecular flexibility index (Phi) is 4.03. The van der Waals surface area contributed by atoms with Crippen LogP contribution in [0.15, 0.2) is 54.6 Å². The fourth-order valence-electron chi connectivity index (χ4n) is 2.88. The van der Waals surface area contributed by atoms with Gasteiger partial charge in [-0.1, -0.05) is 48.9 Å². The number of benzene rings is 2. The van der Waals surface area contributed by atoms with E-state index in [1.807, 2.05) is 30.3 Å². The molecule has 20 heavy (non-hydrogen) atoms. The first-order valence-electron chi connectivity index (χ1n) is 7.28. The highest BCUT2D eigenvalue weighted by Crippen LogP contribution is 2.35. The summed E-state index contributed by atoms with van der Waals surface area (Å²) in [7, 11) is 0. The molecule has 1 aliphatic carbocycles. The molecule has 1 N–H and O–H groups in total. The molecule has 1 saturated carbocycles. The Bertz CT molecular complexity index is 533. The standard InChI is InChI=1S/C18H20O2/c19-18-8-4-7-17(18)15-9-11-16(12-10-15)20-13-14-5-2-1-3-6-14/h1-3,5-6,9-12,17-19H,4,7-8,13H2. The summed E-state index contributed by atoms with van der Waals surface area (Å²) in [5.41, 5.74) is 2.39. The van der Waals surface area contributed by atoms with Crippen molar-refractivity contribution in [2.24, 2.45) is 0 Å². The van der Waals surface area contributed by atoms with Gasteiger partial charge in [0.2, 0.25) is 0 Å². The monoisotopic (exact) mass is 268 g/mol. The molecule has 104 valence electrons. The number of aliphatic hydroxyl groups excluding tert-OH is 1. The van der Waals surface area contributed by atoms with Gasteiger partial charge in [0.25, 0.3) is 0 Å². The van der Waals surface area contributed by atoms with E-state index < -0.39 is 0 Å². The molecule has 3 rings (SSSR count). The zero-order valence-corrected chi connectivity index (χ0v) is 11.5. The maximum absolute atomic E-state index is 9.93. The van der Waals surface area contributed by atoms with Crippen LogP contribution in [-0.2, 0) is 6.61 Å². The summed E-state index contributed by atoms with van der Waals surface area (Å²) in [4.78, 5) is 0. The number of rotatable bonds is 4. The molecule has 0 amide bonds. The van der Waals surface area contributed by atoms with Crippen LogP contribution in [-0.4, -0.2) is 11.2 Å². The Labute approximate surface area is 120 Å². The predicted molar refractivity (Wildman–Crippen MR) is 79.8 cm³/mol. The highest BCUT2D eigenvalue weighted by Gasteiger charge is 2.26. The number of aliphatic hydroxyl groups is 1. The molecule has 2 heteroatoms. The molecule has 1 aliphatic rings. The van der Waals surface area contributed by atoms with Gasteiger partial charge in [-0.2, -0.15) is 0 Å². The van der Waals surface area contributed by atoms with E-state index >= 15 is 0 Å². The molecule has 2 aromatic rings. The van der Waals surface area contributed by atoms with Crippen LogP contribution in [0.4, 0.5) is 0 Å². The Morgan fingerprint density at radius 3 is 2.35 bits per heavy atom. The molecule has 0 bridgehead atoms. The number of hydrogen-bond donors (Lipinski definition) is 1. The number of hydrogen-bond acceptors (Lipinski definition) is 2. The quantitative estimate of drug-likeness (QED) is 0.911. The average molecular weight is 268 g/mol. The van der Waals surface area contributed by atoms with Gasteiger partial charge in [0.15, 0.2) is 0 Å². The van der Waals surface area contributed by atoms with Crippen molar-refractivity contribution in [1.29, 1.82) is 0 Å². The summed E-state index contributed by atoms with van der Waals surface area (Å²) in [5.74, 6) is 1.18. The molecular weight excluding hydrogens is 248 g/mol.